The Morgan fingerprint density at radius 1 is 1.25 bits per heavy atom. The summed E-state index contributed by atoms with van der Waals surface area (Å²) >= 11 is 0. The number of nitrogens with zero attached hydrogens (tertiary/aromatic N) is 1. The molecule has 0 aromatic heterocycles. The smallest absolute Gasteiger partial charge is 0.231 e. The first-order valence-corrected chi connectivity index (χ1v) is 5.56. The van der Waals surface area contributed by atoms with E-state index in [0.717, 1.165) is 19.5 Å². The predicted octanol–water partition coefficient (Wildman–Crippen LogP) is -1.74. The number of carbonyl (C=O) groups excluding carboxylic acids is 2. The SMILES string of the molecule is CCC1CNCC1N(CC(N)=O)CC(N)=O. The molecule has 2 amide bonds. The minimum atomic E-state index is -0.428. The van der Waals surface area contributed by atoms with E-state index in [0.29, 0.717) is 5.92 Å². The molecule has 0 aliphatic carbocycles. The van der Waals surface area contributed by atoms with Gasteiger partial charge in [-0.15, -0.1) is 0 Å². The van der Waals surface area contributed by atoms with Gasteiger partial charge in [0.2, 0.25) is 11.8 Å². The molecule has 0 aromatic carbocycles. The fourth-order valence-electron chi connectivity index (χ4n) is 2.25. The highest BCUT2D eigenvalue weighted by atomic mass is 16.2. The molecule has 92 valence electrons. The van der Waals surface area contributed by atoms with Crippen LogP contribution in [0.25, 0.3) is 0 Å². The van der Waals surface area contributed by atoms with Gasteiger partial charge in [-0.2, -0.15) is 0 Å². The molecule has 1 saturated heterocycles. The monoisotopic (exact) mass is 228 g/mol. The molecule has 0 spiro atoms. The Kier molecular flexibility index (Phi) is 4.70. The van der Waals surface area contributed by atoms with Gasteiger partial charge in [0.05, 0.1) is 13.1 Å². The highest BCUT2D eigenvalue weighted by Gasteiger charge is 2.31. The normalized spacial score (nSPS) is 24.9. The number of amides is 2. The molecule has 1 fully saturated rings. The highest BCUT2D eigenvalue weighted by molar-refractivity contribution is 5.79. The van der Waals surface area contributed by atoms with Crippen LogP contribution in [0.15, 0.2) is 0 Å². The van der Waals surface area contributed by atoms with Crippen molar-refractivity contribution in [3.8, 4) is 0 Å². The number of hydrogen-bond donors (Lipinski definition) is 3. The number of carbonyl (C=O) groups is 2. The molecule has 6 heteroatoms. The minimum absolute atomic E-state index is 0.0891. The van der Waals surface area contributed by atoms with Crippen molar-refractivity contribution in [2.24, 2.45) is 17.4 Å². The van der Waals surface area contributed by atoms with Crippen molar-refractivity contribution in [3.63, 3.8) is 0 Å². The van der Waals surface area contributed by atoms with E-state index in [2.05, 4.69) is 12.2 Å². The molecule has 2 atom stereocenters. The van der Waals surface area contributed by atoms with Gasteiger partial charge in [0.15, 0.2) is 0 Å². The van der Waals surface area contributed by atoms with E-state index in [9.17, 15) is 9.59 Å². The van der Waals surface area contributed by atoms with Crippen LogP contribution < -0.4 is 16.8 Å². The van der Waals surface area contributed by atoms with Crippen LogP contribution in [0.1, 0.15) is 13.3 Å². The Morgan fingerprint density at radius 2 is 1.81 bits per heavy atom. The summed E-state index contributed by atoms with van der Waals surface area (Å²) in [6, 6.07) is 0.171. The van der Waals surface area contributed by atoms with Gasteiger partial charge in [-0.1, -0.05) is 13.3 Å². The van der Waals surface area contributed by atoms with Crippen LogP contribution in [0, 0.1) is 5.92 Å². The number of nitrogens with one attached hydrogen (secondary N) is 1. The number of hydrogen-bond acceptors (Lipinski definition) is 4. The Morgan fingerprint density at radius 3 is 2.25 bits per heavy atom. The van der Waals surface area contributed by atoms with E-state index in [1.165, 1.54) is 0 Å². The van der Waals surface area contributed by atoms with Crippen molar-refractivity contribution in [1.82, 2.24) is 10.2 Å². The number of rotatable bonds is 6. The lowest BCUT2D eigenvalue weighted by Crippen LogP contribution is -2.48. The van der Waals surface area contributed by atoms with E-state index in [1.54, 1.807) is 4.90 Å². The fourth-order valence-corrected chi connectivity index (χ4v) is 2.25. The van der Waals surface area contributed by atoms with Gasteiger partial charge in [0, 0.05) is 12.6 Å². The van der Waals surface area contributed by atoms with Crippen LogP contribution in [0.3, 0.4) is 0 Å². The van der Waals surface area contributed by atoms with Crippen LogP contribution in [0.2, 0.25) is 0 Å². The molecule has 1 rings (SSSR count). The second-order valence-corrected chi connectivity index (χ2v) is 4.23. The molecule has 5 N–H and O–H groups in total. The first-order valence-electron chi connectivity index (χ1n) is 5.56. The zero-order chi connectivity index (χ0) is 12.1. The van der Waals surface area contributed by atoms with Crippen LogP contribution in [0.4, 0.5) is 0 Å². The predicted molar refractivity (Wildman–Crippen MR) is 60.4 cm³/mol. The van der Waals surface area contributed by atoms with Gasteiger partial charge in [0.25, 0.3) is 0 Å². The number of nitrogens with two attached hydrogens (primary N) is 2. The zero-order valence-corrected chi connectivity index (χ0v) is 9.61. The van der Waals surface area contributed by atoms with Crippen molar-refractivity contribution in [2.45, 2.75) is 19.4 Å². The highest BCUT2D eigenvalue weighted by Crippen LogP contribution is 2.18. The van der Waals surface area contributed by atoms with E-state index < -0.39 is 11.8 Å². The molecule has 0 aromatic rings. The average molecular weight is 228 g/mol. The number of primary amides is 2. The van der Waals surface area contributed by atoms with E-state index in [4.69, 9.17) is 11.5 Å². The van der Waals surface area contributed by atoms with Gasteiger partial charge >= 0.3 is 0 Å². The minimum Gasteiger partial charge on any atom is -0.369 e. The summed E-state index contributed by atoms with van der Waals surface area (Å²) in [5.41, 5.74) is 10.3. The molecule has 1 heterocycles. The quantitative estimate of drug-likeness (QED) is 0.502. The second kappa shape index (κ2) is 5.81. The molecular formula is C10H20N4O2. The Labute approximate surface area is 95.3 Å². The molecular weight excluding hydrogens is 208 g/mol. The maximum Gasteiger partial charge on any atom is 0.231 e. The summed E-state index contributed by atoms with van der Waals surface area (Å²) in [4.78, 5) is 23.7. The van der Waals surface area contributed by atoms with Crippen LogP contribution in [-0.2, 0) is 9.59 Å². The van der Waals surface area contributed by atoms with E-state index in [-0.39, 0.29) is 19.1 Å². The van der Waals surface area contributed by atoms with Gasteiger partial charge in [0.1, 0.15) is 0 Å². The van der Waals surface area contributed by atoms with E-state index in [1.807, 2.05) is 0 Å². The Hall–Kier alpha value is -1.14. The van der Waals surface area contributed by atoms with Crippen molar-refractivity contribution in [1.29, 1.82) is 0 Å². The lowest BCUT2D eigenvalue weighted by atomic mass is 9.99. The lowest BCUT2D eigenvalue weighted by Gasteiger charge is -2.29. The van der Waals surface area contributed by atoms with Crippen molar-refractivity contribution in [3.05, 3.63) is 0 Å². The summed E-state index contributed by atoms with van der Waals surface area (Å²) in [6.45, 7) is 3.96. The summed E-state index contributed by atoms with van der Waals surface area (Å²) in [7, 11) is 0. The van der Waals surface area contributed by atoms with Crippen LogP contribution in [-0.4, -0.2) is 48.9 Å². The summed E-state index contributed by atoms with van der Waals surface area (Å²) in [5, 5.41) is 3.25. The average Bonchev–Trinajstić information content (AvgIpc) is 2.62. The molecule has 0 radical (unpaired) electrons. The Bertz CT molecular complexity index is 254. The summed E-state index contributed by atoms with van der Waals surface area (Å²) in [5.74, 6) is -0.412. The third-order valence-corrected chi connectivity index (χ3v) is 3.02. The molecule has 6 nitrogen and oxygen atoms in total. The summed E-state index contributed by atoms with van der Waals surface area (Å²) in [6.07, 6.45) is 1.01. The topological polar surface area (TPSA) is 101 Å². The third kappa shape index (κ3) is 3.46. The first-order chi connectivity index (χ1) is 7.54. The molecule has 0 saturated carbocycles. The molecule has 16 heavy (non-hydrogen) atoms. The molecule has 1 aliphatic heterocycles. The standard InChI is InChI=1S/C10H20N4O2/c1-2-7-3-13-4-8(7)14(5-9(11)15)6-10(12)16/h7-8,13H,2-6H2,1H3,(H2,11,15)(H2,12,16). The van der Waals surface area contributed by atoms with Crippen LogP contribution in [0.5, 0.6) is 0 Å². The lowest BCUT2D eigenvalue weighted by molar-refractivity contribution is -0.123. The van der Waals surface area contributed by atoms with Crippen molar-refractivity contribution < 1.29 is 9.59 Å². The first kappa shape index (κ1) is 12.9. The van der Waals surface area contributed by atoms with Gasteiger partial charge < -0.3 is 16.8 Å². The molecule has 0 bridgehead atoms. The summed E-state index contributed by atoms with van der Waals surface area (Å²) < 4.78 is 0. The van der Waals surface area contributed by atoms with E-state index >= 15 is 0 Å². The zero-order valence-electron chi connectivity index (χ0n) is 9.61. The molecule has 2 unspecified atom stereocenters. The molecule has 1 aliphatic rings. The maximum absolute atomic E-state index is 11.0. The fraction of sp³-hybridized carbons (Fsp3) is 0.800. The largest absolute Gasteiger partial charge is 0.369 e. The van der Waals surface area contributed by atoms with Gasteiger partial charge in [-0.3, -0.25) is 14.5 Å². The maximum atomic E-state index is 11.0. The Balaban J connectivity index is 2.66. The van der Waals surface area contributed by atoms with Gasteiger partial charge in [-0.05, 0) is 12.5 Å². The second-order valence-electron chi connectivity index (χ2n) is 4.23. The van der Waals surface area contributed by atoms with Crippen molar-refractivity contribution >= 4 is 11.8 Å². The van der Waals surface area contributed by atoms with Crippen LogP contribution >= 0.6 is 0 Å². The van der Waals surface area contributed by atoms with Crippen molar-refractivity contribution in [2.75, 3.05) is 26.2 Å². The third-order valence-electron chi connectivity index (χ3n) is 3.02. The van der Waals surface area contributed by atoms with Gasteiger partial charge in [-0.25, -0.2) is 0 Å².